The molecule has 0 aliphatic rings. The fourth-order valence-corrected chi connectivity index (χ4v) is 2.15. The van der Waals surface area contributed by atoms with Crippen LogP contribution in [-0.4, -0.2) is 7.11 Å². The monoisotopic (exact) mass is 284 g/mol. The number of benzene rings is 2. The lowest BCUT2D eigenvalue weighted by atomic mass is 9.82. The van der Waals surface area contributed by atoms with E-state index in [2.05, 4.69) is 45.0 Å². The molecular weight excluding hydrogens is 260 g/mol. The van der Waals surface area contributed by atoms with Crippen molar-refractivity contribution in [3.8, 4) is 11.5 Å². The average Bonchev–Trinajstić information content (AvgIpc) is 2.53. The zero-order valence-corrected chi connectivity index (χ0v) is 13.3. The van der Waals surface area contributed by atoms with Crippen LogP contribution in [0.2, 0.25) is 0 Å². The van der Waals surface area contributed by atoms with E-state index in [9.17, 15) is 0 Å². The zero-order chi connectivity index (χ0) is 15.3. The Balaban J connectivity index is 2.22. The fourth-order valence-electron chi connectivity index (χ4n) is 2.15. The number of methoxy groups -OCH3 is 1. The summed E-state index contributed by atoms with van der Waals surface area (Å²) >= 11 is 0. The van der Waals surface area contributed by atoms with Crippen molar-refractivity contribution >= 4 is 0 Å². The van der Waals surface area contributed by atoms with Crippen LogP contribution in [0.25, 0.3) is 0 Å². The molecular formula is C19H24O2. The van der Waals surface area contributed by atoms with Gasteiger partial charge in [0.2, 0.25) is 0 Å². The third-order valence-corrected chi connectivity index (χ3v) is 4.07. The number of hydrogen-bond donors (Lipinski definition) is 0. The van der Waals surface area contributed by atoms with Crippen LogP contribution >= 0.6 is 0 Å². The van der Waals surface area contributed by atoms with Gasteiger partial charge in [0.1, 0.15) is 6.61 Å². The van der Waals surface area contributed by atoms with Crippen LogP contribution in [0.4, 0.5) is 0 Å². The lowest BCUT2D eigenvalue weighted by Gasteiger charge is -2.24. The van der Waals surface area contributed by atoms with Gasteiger partial charge in [0, 0.05) is 0 Å². The molecule has 0 unspecified atom stereocenters. The molecule has 0 N–H and O–H groups in total. The summed E-state index contributed by atoms with van der Waals surface area (Å²) in [5.74, 6) is 1.59. The molecule has 0 saturated heterocycles. The summed E-state index contributed by atoms with van der Waals surface area (Å²) in [4.78, 5) is 0. The van der Waals surface area contributed by atoms with Gasteiger partial charge >= 0.3 is 0 Å². The Labute approximate surface area is 127 Å². The van der Waals surface area contributed by atoms with E-state index in [1.54, 1.807) is 7.11 Å². The lowest BCUT2D eigenvalue weighted by molar-refractivity contribution is 0.283. The van der Waals surface area contributed by atoms with Crippen molar-refractivity contribution in [2.45, 2.75) is 39.2 Å². The van der Waals surface area contributed by atoms with Gasteiger partial charge in [-0.15, -0.1) is 0 Å². The molecule has 0 saturated carbocycles. The van der Waals surface area contributed by atoms with E-state index >= 15 is 0 Å². The number of hydrogen-bond acceptors (Lipinski definition) is 2. The minimum absolute atomic E-state index is 0.136. The number of ether oxygens (including phenoxy) is 2. The zero-order valence-electron chi connectivity index (χ0n) is 13.3. The molecule has 0 heterocycles. The van der Waals surface area contributed by atoms with Crippen LogP contribution in [0, 0.1) is 0 Å². The van der Waals surface area contributed by atoms with E-state index in [1.165, 1.54) is 5.56 Å². The van der Waals surface area contributed by atoms with Gasteiger partial charge in [-0.2, -0.15) is 0 Å². The first-order chi connectivity index (χ1) is 10.1. The minimum Gasteiger partial charge on any atom is -0.493 e. The molecule has 2 aromatic carbocycles. The Morgan fingerprint density at radius 2 is 1.67 bits per heavy atom. The van der Waals surface area contributed by atoms with Crippen molar-refractivity contribution in [1.29, 1.82) is 0 Å². The van der Waals surface area contributed by atoms with Gasteiger partial charge in [-0.25, -0.2) is 0 Å². The van der Waals surface area contributed by atoms with E-state index < -0.39 is 0 Å². The molecule has 2 nitrogen and oxygen atoms in total. The smallest absolute Gasteiger partial charge is 0.161 e. The van der Waals surface area contributed by atoms with E-state index in [0.717, 1.165) is 23.5 Å². The van der Waals surface area contributed by atoms with Gasteiger partial charge in [-0.3, -0.25) is 0 Å². The molecule has 2 aromatic rings. The average molecular weight is 284 g/mol. The second-order valence-electron chi connectivity index (χ2n) is 5.88. The molecule has 2 heteroatoms. The Morgan fingerprint density at radius 1 is 0.952 bits per heavy atom. The van der Waals surface area contributed by atoms with Crippen LogP contribution < -0.4 is 9.47 Å². The first-order valence-corrected chi connectivity index (χ1v) is 7.42. The Hall–Kier alpha value is -1.96. The van der Waals surface area contributed by atoms with Crippen molar-refractivity contribution in [2.75, 3.05) is 7.11 Å². The Morgan fingerprint density at radius 3 is 2.29 bits per heavy atom. The summed E-state index contributed by atoms with van der Waals surface area (Å²) in [6.45, 7) is 7.24. The van der Waals surface area contributed by atoms with E-state index in [-0.39, 0.29) is 5.41 Å². The second kappa shape index (κ2) is 6.66. The maximum Gasteiger partial charge on any atom is 0.161 e. The molecule has 0 fully saturated rings. The van der Waals surface area contributed by atoms with Gasteiger partial charge in [-0.1, -0.05) is 57.2 Å². The third-order valence-electron chi connectivity index (χ3n) is 4.07. The van der Waals surface area contributed by atoms with Crippen LogP contribution in [0.3, 0.4) is 0 Å². The topological polar surface area (TPSA) is 18.5 Å². The first kappa shape index (κ1) is 15.4. The Bertz CT molecular complexity index is 573. The summed E-state index contributed by atoms with van der Waals surface area (Å²) in [6, 6.07) is 16.4. The van der Waals surface area contributed by atoms with Crippen molar-refractivity contribution < 1.29 is 9.47 Å². The predicted molar refractivity (Wildman–Crippen MR) is 87.1 cm³/mol. The highest BCUT2D eigenvalue weighted by molar-refractivity contribution is 5.45. The van der Waals surface area contributed by atoms with Gasteiger partial charge in [0.25, 0.3) is 0 Å². The van der Waals surface area contributed by atoms with E-state index in [4.69, 9.17) is 9.47 Å². The number of rotatable bonds is 6. The van der Waals surface area contributed by atoms with Crippen molar-refractivity contribution in [3.05, 3.63) is 59.7 Å². The molecule has 21 heavy (non-hydrogen) atoms. The van der Waals surface area contributed by atoms with Crippen LogP contribution in [-0.2, 0) is 12.0 Å². The van der Waals surface area contributed by atoms with Crippen molar-refractivity contribution in [1.82, 2.24) is 0 Å². The van der Waals surface area contributed by atoms with Crippen molar-refractivity contribution in [2.24, 2.45) is 0 Å². The molecule has 0 amide bonds. The maximum atomic E-state index is 5.97. The molecule has 0 radical (unpaired) electrons. The van der Waals surface area contributed by atoms with Crippen LogP contribution in [0.5, 0.6) is 11.5 Å². The highest BCUT2D eigenvalue weighted by atomic mass is 16.5. The fraction of sp³-hybridized carbons (Fsp3) is 0.368. The summed E-state index contributed by atoms with van der Waals surface area (Å²) < 4.78 is 11.4. The quantitative estimate of drug-likeness (QED) is 0.746. The minimum atomic E-state index is 0.136. The molecule has 0 bridgehead atoms. The molecule has 0 aromatic heterocycles. The maximum absolute atomic E-state index is 5.97. The van der Waals surface area contributed by atoms with Gasteiger partial charge in [-0.05, 0) is 35.1 Å². The SMILES string of the molecule is CCC(C)(C)c1ccc(OC)c(OCc2ccccc2)c1. The van der Waals surface area contributed by atoms with Crippen molar-refractivity contribution in [3.63, 3.8) is 0 Å². The molecule has 0 aliphatic heterocycles. The molecule has 2 rings (SSSR count). The highest BCUT2D eigenvalue weighted by Crippen LogP contribution is 2.35. The predicted octanol–water partition coefficient (Wildman–Crippen LogP) is 4.96. The Kier molecular flexibility index (Phi) is 4.89. The molecule has 112 valence electrons. The second-order valence-corrected chi connectivity index (χ2v) is 5.88. The highest BCUT2D eigenvalue weighted by Gasteiger charge is 2.20. The summed E-state index contributed by atoms with van der Waals surface area (Å²) in [5, 5.41) is 0. The summed E-state index contributed by atoms with van der Waals surface area (Å²) in [6.07, 6.45) is 1.08. The van der Waals surface area contributed by atoms with Crippen LogP contribution in [0.1, 0.15) is 38.3 Å². The first-order valence-electron chi connectivity index (χ1n) is 7.42. The van der Waals surface area contributed by atoms with Crippen LogP contribution in [0.15, 0.2) is 48.5 Å². The molecule has 0 atom stereocenters. The normalized spacial score (nSPS) is 11.2. The molecule has 0 aliphatic carbocycles. The summed E-state index contributed by atoms with van der Waals surface area (Å²) in [7, 11) is 1.68. The van der Waals surface area contributed by atoms with Gasteiger partial charge in [0.05, 0.1) is 7.11 Å². The molecule has 0 spiro atoms. The van der Waals surface area contributed by atoms with E-state index in [1.807, 2.05) is 24.3 Å². The third kappa shape index (κ3) is 3.78. The van der Waals surface area contributed by atoms with Gasteiger partial charge < -0.3 is 9.47 Å². The van der Waals surface area contributed by atoms with E-state index in [0.29, 0.717) is 6.61 Å². The standard InChI is InChI=1S/C19H24O2/c1-5-19(2,3)16-11-12-17(20-4)18(13-16)21-14-15-9-7-6-8-10-15/h6-13H,5,14H2,1-4H3. The lowest BCUT2D eigenvalue weighted by Crippen LogP contribution is -2.15. The summed E-state index contributed by atoms with van der Waals surface area (Å²) in [5.41, 5.74) is 2.56. The largest absolute Gasteiger partial charge is 0.493 e. The van der Waals surface area contributed by atoms with Gasteiger partial charge in [0.15, 0.2) is 11.5 Å².